The number of hydrogen-bond donors (Lipinski definition) is 4. The van der Waals surface area contributed by atoms with Crippen molar-refractivity contribution in [3.05, 3.63) is 161 Å². The van der Waals surface area contributed by atoms with Crippen LogP contribution in [-0.4, -0.2) is 62.9 Å². The van der Waals surface area contributed by atoms with Gasteiger partial charge in [0.1, 0.15) is 51.7 Å². The number of furan rings is 1. The first-order valence-corrected chi connectivity index (χ1v) is 23.8. The van der Waals surface area contributed by atoms with Gasteiger partial charge < -0.3 is 19.8 Å². The number of ether oxygens (including phenoxy) is 1. The number of sulfone groups is 1. The quantitative estimate of drug-likeness (QED) is 0.0630. The normalized spacial score (nSPS) is 11.5. The lowest BCUT2D eigenvalue weighted by Crippen LogP contribution is -2.21. The number of rotatable bonds is 13. The van der Waals surface area contributed by atoms with E-state index in [0.717, 1.165) is 38.8 Å². The van der Waals surface area contributed by atoms with Crippen LogP contribution in [0.2, 0.25) is 5.02 Å². The summed E-state index contributed by atoms with van der Waals surface area (Å²) in [4.78, 5) is 8.67. The molecule has 0 aliphatic heterocycles. The number of nitrogens with one attached hydrogen (secondary N) is 2. The van der Waals surface area contributed by atoms with E-state index in [-0.39, 0.29) is 28.0 Å². The molecule has 0 radical (unpaired) electrons. The molecule has 2 heterocycles. The number of halogens is 2. The van der Waals surface area contributed by atoms with E-state index in [4.69, 9.17) is 29.9 Å². The van der Waals surface area contributed by atoms with E-state index in [2.05, 4.69) is 20.6 Å². The van der Waals surface area contributed by atoms with E-state index in [0.29, 0.717) is 41.2 Å². The van der Waals surface area contributed by atoms with Crippen molar-refractivity contribution in [1.82, 2.24) is 15.3 Å². The highest BCUT2D eigenvalue weighted by Gasteiger charge is 2.12. The number of hydrogen-bond acceptors (Lipinski definition) is 12. The van der Waals surface area contributed by atoms with Gasteiger partial charge in [-0.05, 0) is 92.7 Å². The van der Waals surface area contributed by atoms with Crippen molar-refractivity contribution in [1.29, 1.82) is 0 Å². The molecule has 2 aromatic heterocycles. The Labute approximate surface area is 364 Å². The molecule has 0 fully saturated rings. The number of aromatic nitrogens is 2. The van der Waals surface area contributed by atoms with Crippen molar-refractivity contribution in [2.75, 3.05) is 23.9 Å². The predicted molar refractivity (Wildman–Crippen MR) is 236 cm³/mol. The lowest BCUT2D eigenvalue weighted by atomic mass is 10.1. The summed E-state index contributed by atoms with van der Waals surface area (Å²) in [6.45, 7) is 4.65. The van der Waals surface area contributed by atoms with Gasteiger partial charge in [0.15, 0.2) is 0 Å². The van der Waals surface area contributed by atoms with Crippen LogP contribution in [0, 0.1) is 19.7 Å². The molecule has 7 rings (SSSR count). The third-order valence-electron chi connectivity index (χ3n) is 8.67. The Bertz CT molecular complexity index is 2900. The number of aryl methyl sites for hydroxylation is 2. The van der Waals surface area contributed by atoms with E-state index in [9.17, 15) is 29.6 Å². The third-order valence-corrected chi connectivity index (χ3v) is 11.7. The molecular weight excluding hydrogens is 883 g/mol. The molecule has 326 valence electrons. The van der Waals surface area contributed by atoms with Crippen LogP contribution in [0.4, 0.5) is 15.9 Å². The number of fused-ring (bicyclic) bond motifs is 1. The number of benzene rings is 5. The summed E-state index contributed by atoms with van der Waals surface area (Å²) in [5.41, 5.74) is 4.99. The molecule has 0 aliphatic carbocycles. The molecule has 0 saturated carbocycles. The summed E-state index contributed by atoms with van der Waals surface area (Å²) in [6, 6.07) is 32.9. The van der Waals surface area contributed by atoms with Crippen LogP contribution >= 0.6 is 11.6 Å². The average molecular weight is 925 g/mol. The molecule has 14 nitrogen and oxygen atoms in total. The van der Waals surface area contributed by atoms with Crippen molar-refractivity contribution in [2.45, 2.75) is 36.8 Å². The molecule has 7 aromatic rings. The Hall–Kier alpha value is -5.73. The van der Waals surface area contributed by atoms with Gasteiger partial charge in [-0.25, -0.2) is 22.8 Å². The van der Waals surface area contributed by atoms with E-state index in [1.54, 1.807) is 42.5 Å². The zero-order valence-electron chi connectivity index (χ0n) is 33.5. The smallest absolute Gasteiger partial charge is 0.294 e. The fourth-order valence-electron chi connectivity index (χ4n) is 5.42. The monoisotopic (exact) mass is 924 g/mol. The van der Waals surface area contributed by atoms with Gasteiger partial charge in [-0.15, -0.1) is 0 Å². The number of nitrogens with zero attached hydrogens (tertiary/aromatic N) is 2. The lowest BCUT2D eigenvalue weighted by molar-refractivity contribution is 0.304. The largest absolute Gasteiger partial charge is 0.489 e. The van der Waals surface area contributed by atoms with Crippen LogP contribution < -0.4 is 15.4 Å². The summed E-state index contributed by atoms with van der Waals surface area (Å²) in [7, 11) is -11.1. The standard InChI is InChI=1S/C29H26ClFN4O4S.2C7H8O3S/c1-40(36,37)12-11-32-16-24-8-10-28(39-24)19-6-9-27-25(13-19)29(34-18-33-27)35-22-7-5-20(26(30)15-22)17-38-23-4-2-3-21(31)14-23;2*1-6-2-4-7(5-3-6)11(8,9)10/h2-10,13-15,18,32H,11-12,16-17H2,1H3,(H,33,34,35);2*2-5H,1H3,(H,8,9,10). The summed E-state index contributed by atoms with van der Waals surface area (Å²) >= 11 is 6.51. The maximum atomic E-state index is 13.4. The molecule has 0 saturated heterocycles. The van der Waals surface area contributed by atoms with Gasteiger partial charge in [0, 0.05) is 46.1 Å². The maximum absolute atomic E-state index is 13.4. The van der Waals surface area contributed by atoms with Crippen LogP contribution in [0.15, 0.2) is 142 Å². The first-order chi connectivity index (χ1) is 29.2. The first-order valence-electron chi connectivity index (χ1n) is 18.5. The summed E-state index contributed by atoms with van der Waals surface area (Å²) < 4.78 is 107. The van der Waals surface area contributed by atoms with E-state index in [1.165, 1.54) is 49.0 Å². The highest BCUT2D eigenvalue weighted by molar-refractivity contribution is 7.90. The average Bonchev–Trinajstić information content (AvgIpc) is 3.68. The fraction of sp³-hybridized carbons (Fsp3) is 0.163. The minimum Gasteiger partial charge on any atom is -0.489 e. The predicted octanol–water partition coefficient (Wildman–Crippen LogP) is 8.62. The second-order valence-corrected chi connectivity index (χ2v) is 19.3. The van der Waals surface area contributed by atoms with Crippen LogP contribution in [0.3, 0.4) is 0 Å². The van der Waals surface area contributed by atoms with Crippen molar-refractivity contribution < 1.29 is 47.9 Å². The zero-order chi connectivity index (χ0) is 45.1. The Morgan fingerprint density at radius 1 is 0.758 bits per heavy atom. The first kappa shape index (κ1) is 47.3. The Kier molecular flexibility index (Phi) is 15.9. The van der Waals surface area contributed by atoms with Gasteiger partial charge in [-0.2, -0.15) is 16.8 Å². The molecule has 0 atom stereocenters. The minimum absolute atomic E-state index is 0.0666. The van der Waals surface area contributed by atoms with Gasteiger partial charge in [-0.3, -0.25) is 9.11 Å². The van der Waals surface area contributed by atoms with Gasteiger partial charge >= 0.3 is 0 Å². The highest BCUT2D eigenvalue weighted by Crippen LogP contribution is 2.31. The van der Waals surface area contributed by atoms with Gasteiger partial charge in [0.2, 0.25) is 0 Å². The van der Waals surface area contributed by atoms with E-state index in [1.807, 2.05) is 56.3 Å². The van der Waals surface area contributed by atoms with Gasteiger partial charge in [0.25, 0.3) is 20.2 Å². The van der Waals surface area contributed by atoms with E-state index < -0.39 is 30.1 Å². The van der Waals surface area contributed by atoms with Crippen LogP contribution in [0.5, 0.6) is 5.75 Å². The topological polar surface area (TPSA) is 215 Å². The molecule has 19 heteroatoms. The van der Waals surface area contributed by atoms with Crippen LogP contribution in [0.1, 0.15) is 22.5 Å². The van der Waals surface area contributed by atoms with Crippen LogP contribution in [0.25, 0.3) is 22.2 Å². The highest BCUT2D eigenvalue weighted by atomic mass is 35.5. The third kappa shape index (κ3) is 14.7. The summed E-state index contributed by atoms with van der Waals surface area (Å²) in [6.07, 6.45) is 2.70. The van der Waals surface area contributed by atoms with Crippen LogP contribution in [-0.2, 0) is 43.2 Å². The summed E-state index contributed by atoms with van der Waals surface area (Å²) in [5, 5.41) is 7.68. The Balaban J connectivity index is 0.000000267. The second kappa shape index (κ2) is 20.9. The van der Waals surface area contributed by atoms with Crippen molar-refractivity contribution in [2.24, 2.45) is 0 Å². The second-order valence-electron chi connectivity index (χ2n) is 13.8. The van der Waals surface area contributed by atoms with Gasteiger partial charge in [0.05, 0.1) is 27.6 Å². The fourth-order valence-corrected chi connectivity index (χ4v) is 7.13. The van der Waals surface area contributed by atoms with Crippen molar-refractivity contribution in [3.63, 3.8) is 0 Å². The van der Waals surface area contributed by atoms with Crippen molar-refractivity contribution >= 4 is 64.1 Å². The summed E-state index contributed by atoms with van der Waals surface area (Å²) in [5.74, 6) is 2.09. The maximum Gasteiger partial charge on any atom is 0.294 e. The minimum atomic E-state index is -4.02. The molecule has 0 amide bonds. The van der Waals surface area contributed by atoms with Gasteiger partial charge in [-0.1, -0.05) is 59.1 Å². The Morgan fingerprint density at radius 3 is 1.98 bits per heavy atom. The lowest BCUT2D eigenvalue weighted by Gasteiger charge is -2.12. The molecule has 0 bridgehead atoms. The molecule has 5 aromatic carbocycles. The molecule has 0 spiro atoms. The molecule has 62 heavy (non-hydrogen) atoms. The molecule has 0 unspecified atom stereocenters. The molecule has 0 aliphatic rings. The Morgan fingerprint density at radius 2 is 1.40 bits per heavy atom. The molecular formula is C43H42ClFN4O10S3. The van der Waals surface area contributed by atoms with Crippen molar-refractivity contribution in [3.8, 4) is 17.1 Å². The molecule has 4 N–H and O–H groups in total. The number of anilines is 2. The SMILES string of the molecule is CS(=O)(=O)CCNCc1ccc(-c2ccc3ncnc(Nc4ccc(COc5cccc(F)c5)c(Cl)c4)c3c2)o1.Cc1ccc(S(=O)(=O)O)cc1.Cc1ccc(S(=O)(=O)O)cc1. The van der Waals surface area contributed by atoms with E-state index >= 15 is 0 Å². The zero-order valence-corrected chi connectivity index (χ0v) is 36.7.